The summed E-state index contributed by atoms with van der Waals surface area (Å²) in [4.78, 5) is 13.9. The van der Waals surface area contributed by atoms with E-state index in [1.165, 1.54) is 12.8 Å². The first-order valence-electron chi connectivity index (χ1n) is 9.37. The van der Waals surface area contributed by atoms with E-state index in [9.17, 15) is 9.35 Å². The molecule has 2 fully saturated rings. The SMILES string of the molecule is CC(=O)N1CCCC(N[S+](C)[O-])C1COC1CCC(C(C)C)CC1. The van der Waals surface area contributed by atoms with E-state index in [2.05, 4.69) is 18.6 Å². The van der Waals surface area contributed by atoms with Gasteiger partial charge in [0.25, 0.3) is 0 Å². The van der Waals surface area contributed by atoms with E-state index in [-0.39, 0.29) is 18.0 Å². The zero-order valence-electron chi connectivity index (χ0n) is 15.6. The molecule has 1 N–H and O–H groups in total. The molecular formula is C18H34N2O3S. The van der Waals surface area contributed by atoms with Crippen molar-refractivity contribution in [3.63, 3.8) is 0 Å². The third-order valence-corrected chi connectivity index (χ3v) is 6.30. The van der Waals surface area contributed by atoms with Crippen molar-refractivity contribution in [2.75, 3.05) is 19.4 Å². The number of amides is 1. The van der Waals surface area contributed by atoms with Crippen molar-refractivity contribution in [3.05, 3.63) is 0 Å². The molecule has 1 saturated carbocycles. The van der Waals surface area contributed by atoms with Crippen LogP contribution in [0.2, 0.25) is 0 Å². The molecule has 24 heavy (non-hydrogen) atoms. The third kappa shape index (κ3) is 5.61. The van der Waals surface area contributed by atoms with E-state index in [1.807, 2.05) is 4.90 Å². The summed E-state index contributed by atoms with van der Waals surface area (Å²) >= 11 is -1.07. The molecule has 0 spiro atoms. The second kappa shape index (κ2) is 9.41. The molecule has 1 saturated heterocycles. The van der Waals surface area contributed by atoms with Gasteiger partial charge in [-0.25, -0.2) is 0 Å². The van der Waals surface area contributed by atoms with Gasteiger partial charge in [0.15, 0.2) is 0 Å². The first-order chi connectivity index (χ1) is 11.4. The van der Waals surface area contributed by atoms with Crippen LogP contribution in [0.25, 0.3) is 0 Å². The summed E-state index contributed by atoms with van der Waals surface area (Å²) in [6.45, 7) is 7.55. The lowest BCUT2D eigenvalue weighted by molar-refractivity contribution is -0.136. The summed E-state index contributed by atoms with van der Waals surface area (Å²) in [7, 11) is 0. The van der Waals surface area contributed by atoms with Gasteiger partial charge >= 0.3 is 0 Å². The molecule has 1 heterocycles. The van der Waals surface area contributed by atoms with Crippen LogP contribution in [-0.2, 0) is 20.9 Å². The van der Waals surface area contributed by atoms with Crippen LogP contribution in [0.1, 0.15) is 59.3 Å². The van der Waals surface area contributed by atoms with Crippen molar-refractivity contribution in [1.82, 2.24) is 9.62 Å². The quantitative estimate of drug-likeness (QED) is 0.741. The minimum atomic E-state index is -1.07. The Hall–Kier alpha value is -0.300. The number of hydrogen-bond donors (Lipinski definition) is 1. The zero-order valence-corrected chi connectivity index (χ0v) is 16.4. The largest absolute Gasteiger partial charge is 0.598 e. The lowest BCUT2D eigenvalue weighted by atomic mass is 9.80. The number of piperidine rings is 1. The molecule has 0 aromatic rings. The number of carbonyl (C=O) groups excluding carboxylic acids is 1. The van der Waals surface area contributed by atoms with E-state index >= 15 is 0 Å². The summed E-state index contributed by atoms with van der Waals surface area (Å²) < 4.78 is 20.9. The van der Waals surface area contributed by atoms with Crippen LogP contribution >= 0.6 is 0 Å². The van der Waals surface area contributed by atoms with Crippen LogP contribution in [0, 0.1) is 11.8 Å². The number of hydrogen-bond acceptors (Lipinski definition) is 4. The van der Waals surface area contributed by atoms with Crippen molar-refractivity contribution in [2.45, 2.75) is 77.5 Å². The summed E-state index contributed by atoms with van der Waals surface area (Å²) in [5.41, 5.74) is 0. The Balaban J connectivity index is 1.89. The minimum Gasteiger partial charge on any atom is -0.598 e. The molecule has 0 aromatic heterocycles. The van der Waals surface area contributed by atoms with Crippen molar-refractivity contribution in [1.29, 1.82) is 0 Å². The first-order valence-corrected chi connectivity index (χ1v) is 10.9. The average molecular weight is 359 g/mol. The highest BCUT2D eigenvalue weighted by molar-refractivity contribution is 7.88. The Morgan fingerprint density at radius 3 is 2.50 bits per heavy atom. The van der Waals surface area contributed by atoms with E-state index in [1.54, 1.807) is 13.2 Å². The molecule has 140 valence electrons. The first kappa shape index (κ1) is 20.0. The molecule has 0 bridgehead atoms. The highest BCUT2D eigenvalue weighted by Crippen LogP contribution is 2.31. The van der Waals surface area contributed by atoms with Crippen molar-refractivity contribution < 1.29 is 14.1 Å². The highest BCUT2D eigenvalue weighted by atomic mass is 32.2. The molecular weight excluding hydrogens is 324 g/mol. The van der Waals surface area contributed by atoms with Gasteiger partial charge in [-0.05, 0) is 50.4 Å². The van der Waals surface area contributed by atoms with Gasteiger partial charge in [0.05, 0.1) is 24.8 Å². The van der Waals surface area contributed by atoms with Crippen molar-refractivity contribution in [2.24, 2.45) is 11.8 Å². The molecule has 1 aliphatic heterocycles. The van der Waals surface area contributed by atoms with Crippen LogP contribution in [0.4, 0.5) is 0 Å². The summed E-state index contributed by atoms with van der Waals surface area (Å²) in [6, 6.07) is 0.0449. The average Bonchev–Trinajstić information content (AvgIpc) is 2.53. The van der Waals surface area contributed by atoms with Crippen molar-refractivity contribution in [3.8, 4) is 0 Å². The molecule has 2 rings (SSSR count). The van der Waals surface area contributed by atoms with Crippen LogP contribution in [-0.4, -0.2) is 53.0 Å². The lowest BCUT2D eigenvalue weighted by Gasteiger charge is -2.41. The molecule has 2 aliphatic rings. The summed E-state index contributed by atoms with van der Waals surface area (Å²) in [5, 5.41) is 0. The fourth-order valence-electron chi connectivity index (χ4n) is 4.16. The molecule has 0 radical (unpaired) electrons. The van der Waals surface area contributed by atoms with Crippen molar-refractivity contribution >= 4 is 17.3 Å². The van der Waals surface area contributed by atoms with E-state index < -0.39 is 11.4 Å². The molecule has 5 nitrogen and oxygen atoms in total. The number of nitrogens with zero attached hydrogens (tertiary/aromatic N) is 1. The number of ether oxygens (including phenoxy) is 1. The van der Waals surface area contributed by atoms with E-state index in [4.69, 9.17) is 4.74 Å². The van der Waals surface area contributed by atoms with Gasteiger partial charge in [-0.2, -0.15) is 0 Å². The fraction of sp³-hybridized carbons (Fsp3) is 0.944. The van der Waals surface area contributed by atoms with Crippen LogP contribution in [0.3, 0.4) is 0 Å². The Labute approximate surface area is 150 Å². The normalized spacial score (nSPS) is 32.8. The van der Waals surface area contributed by atoms with E-state index in [0.717, 1.165) is 44.1 Å². The Kier molecular flexibility index (Phi) is 7.85. The van der Waals surface area contributed by atoms with Gasteiger partial charge < -0.3 is 14.2 Å². The molecule has 0 aromatic carbocycles. The number of carbonyl (C=O) groups is 1. The summed E-state index contributed by atoms with van der Waals surface area (Å²) in [5.74, 6) is 1.66. The maximum Gasteiger partial charge on any atom is 0.219 e. The second-order valence-corrected chi connectivity index (χ2v) is 8.86. The summed E-state index contributed by atoms with van der Waals surface area (Å²) in [6.07, 6.45) is 8.57. The molecule has 3 unspecified atom stereocenters. The van der Waals surface area contributed by atoms with Gasteiger partial charge in [0.2, 0.25) is 5.91 Å². The van der Waals surface area contributed by atoms with Crippen LogP contribution in [0.15, 0.2) is 0 Å². The van der Waals surface area contributed by atoms with Gasteiger partial charge in [-0.1, -0.05) is 13.8 Å². The standard InChI is InChI=1S/C18H34N2O3S/c1-13(2)15-7-9-16(10-8-15)23-12-18-17(19-24(4)22)6-5-11-20(18)14(3)21/h13,15-19H,5-12H2,1-4H3. The molecule has 6 heteroatoms. The second-order valence-electron chi connectivity index (χ2n) is 7.71. The zero-order chi connectivity index (χ0) is 17.7. The Bertz CT molecular complexity index is 398. The predicted octanol–water partition coefficient (Wildman–Crippen LogP) is 2.48. The smallest absolute Gasteiger partial charge is 0.219 e. The number of likely N-dealkylation sites (tertiary alicyclic amines) is 1. The lowest BCUT2D eigenvalue weighted by Crippen LogP contribution is -2.58. The molecule has 1 amide bonds. The Morgan fingerprint density at radius 1 is 1.29 bits per heavy atom. The minimum absolute atomic E-state index is 0.0111. The van der Waals surface area contributed by atoms with Gasteiger partial charge in [-0.15, -0.1) is 4.72 Å². The van der Waals surface area contributed by atoms with Gasteiger partial charge in [0, 0.05) is 24.8 Å². The maximum absolute atomic E-state index is 12.0. The van der Waals surface area contributed by atoms with Crippen LogP contribution < -0.4 is 4.72 Å². The van der Waals surface area contributed by atoms with Gasteiger partial charge in [0.1, 0.15) is 6.26 Å². The van der Waals surface area contributed by atoms with Gasteiger partial charge in [-0.3, -0.25) is 4.79 Å². The maximum atomic E-state index is 12.0. The topological polar surface area (TPSA) is 64.6 Å². The predicted molar refractivity (Wildman–Crippen MR) is 97.9 cm³/mol. The fourth-order valence-corrected chi connectivity index (χ4v) is 4.86. The number of nitrogens with one attached hydrogen (secondary N) is 1. The van der Waals surface area contributed by atoms with Crippen LogP contribution in [0.5, 0.6) is 0 Å². The Morgan fingerprint density at radius 2 is 1.96 bits per heavy atom. The number of rotatable bonds is 6. The molecule has 3 atom stereocenters. The van der Waals surface area contributed by atoms with E-state index in [0.29, 0.717) is 12.7 Å². The molecule has 1 aliphatic carbocycles. The monoisotopic (exact) mass is 358 g/mol. The highest BCUT2D eigenvalue weighted by Gasteiger charge is 2.36. The third-order valence-electron chi connectivity index (χ3n) is 5.67.